The van der Waals surface area contributed by atoms with E-state index in [1.54, 1.807) is 9.79 Å². The molecule has 0 atom stereocenters. The first-order valence-electron chi connectivity index (χ1n) is 22.9. The lowest BCUT2D eigenvalue weighted by molar-refractivity contribution is 0.477. The Balaban J connectivity index is 0.805. The Hall–Kier alpha value is -6.75. The number of fused-ring (bicyclic) bond motifs is 12. The van der Waals surface area contributed by atoms with E-state index in [0.29, 0.717) is 0 Å². The van der Waals surface area contributed by atoms with E-state index in [4.69, 9.17) is 4.74 Å². The minimum Gasteiger partial charge on any atom is -0.453 e. The summed E-state index contributed by atoms with van der Waals surface area (Å²) in [5.41, 5.74) is 20.2. The van der Waals surface area contributed by atoms with Gasteiger partial charge in [0.25, 0.3) is 0 Å². The van der Waals surface area contributed by atoms with Gasteiger partial charge >= 0.3 is 0 Å². The third kappa shape index (κ3) is 5.29. The van der Waals surface area contributed by atoms with Crippen LogP contribution in [0.2, 0.25) is 0 Å². The first kappa shape index (κ1) is 37.8. The van der Waals surface area contributed by atoms with E-state index in [0.717, 1.165) is 28.6 Å². The molecule has 1 saturated heterocycles. The lowest BCUT2D eigenvalue weighted by atomic mass is 9.81. The van der Waals surface area contributed by atoms with Crippen molar-refractivity contribution in [1.29, 1.82) is 0 Å². The van der Waals surface area contributed by atoms with Gasteiger partial charge in [-0.3, -0.25) is 0 Å². The molecule has 0 saturated carbocycles. The first-order chi connectivity index (χ1) is 31.2. The third-order valence-electron chi connectivity index (χ3n) is 15.1. The highest BCUT2D eigenvalue weighted by Gasteiger charge is 2.43. The van der Waals surface area contributed by atoms with Crippen LogP contribution in [0.25, 0.3) is 34.4 Å². The number of benzene rings is 8. The molecule has 1 spiro atoms. The predicted molar refractivity (Wildman–Crippen MR) is 269 cm³/mol. The second-order valence-electron chi connectivity index (χ2n) is 19.3. The summed E-state index contributed by atoms with van der Waals surface area (Å²) in [4.78, 5) is 8.04. The van der Waals surface area contributed by atoms with Gasteiger partial charge in [0.2, 0.25) is 0 Å². The summed E-state index contributed by atoms with van der Waals surface area (Å²) in [7, 11) is -1.03. The van der Waals surface area contributed by atoms with E-state index in [9.17, 15) is 0 Å². The van der Waals surface area contributed by atoms with Crippen LogP contribution in [0.4, 0.5) is 34.1 Å². The van der Waals surface area contributed by atoms with Crippen molar-refractivity contribution in [2.75, 3.05) is 21.3 Å². The molecule has 0 unspecified atom stereocenters. The van der Waals surface area contributed by atoms with Gasteiger partial charge in [-0.25, -0.2) is 0 Å². The van der Waals surface area contributed by atoms with Crippen LogP contribution < -0.4 is 14.5 Å². The molecule has 3 aliphatic heterocycles. The lowest BCUT2D eigenvalue weighted by Crippen LogP contribution is -2.22. The Morgan fingerprint density at radius 2 is 0.797 bits per heavy atom. The molecular weight excluding hydrogens is 797 g/mol. The Morgan fingerprint density at radius 3 is 1.27 bits per heavy atom. The molecule has 0 amide bonds. The normalized spacial score (nSPS) is 17.7. The van der Waals surface area contributed by atoms with E-state index in [-0.39, 0.29) is 10.8 Å². The van der Waals surface area contributed by atoms with Gasteiger partial charge in [0.15, 0.2) is 11.5 Å². The fourth-order valence-corrected chi connectivity index (χ4v) is 16.4. The van der Waals surface area contributed by atoms with Gasteiger partial charge < -0.3 is 14.5 Å². The van der Waals surface area contributed by atoms with E-state index in [1.165, 1.54) is 97.0 Å². The summed E-state index contributed by atoms with van der Waals surface area (Å²) in [5, 5.41) is 0. The molecule has 3 heterocycles. The summed E-state index contributed by atoms with van der Waals surface area (Å²) in [6.45, 7) is 9.56. The molecule has 3 nitrogen and oxygen atoms in total. The van der Waals surface area contributed by atoms with Crippen LogP contribution in [-0.4, -0.2) is 11.5 Å². The molecule has 64 heavy (non-hydrogen) atoms. The van der Waals surface area contributed by atoms with E-state index >= 15 is 0 Å². The largest absolute Gasteiger partial charge is 0.453 e. The minimum absolute atomic E-state index is 0.148. The van der Waals surface area contributed by atoms with Crippen molar-refractivity contribution in [3.05, 3.63) is 203 Å². The van der Waals surface area contributed by atoms with Gasteiger partial charge in [-0.1, -0.05) is 137 Å². The fourth-order valence-electron chi connectivity index (χ4n) is 11.9. The third-order valence-corrected chi connectivity index (χ3v) is 19.4. The maximum absolute atomic E-state index is 6.34. The van der Waals surface area contributed by atoms with Gasteiger partial charge in [-0.2, -0.15) is 10.0 Å². The van der Waals surface area contributed by atoms with Crippen molar-refractivity contribution in [3.8, 4) is 33.8 Å². The van der Waals surface area contributed by atoms with Gasteiger partial charge in [-0.15, -0.1) is 0 Å². The lowest BCUT2D eigenvalue weighted by Gasteiger charge is -2.47. The summed E-state index contributed by atoms with van der Waals surface area (Å²) in [5.74, 6) is 4.35. The minimum atomic E-state index is -1.03. The highest BCUT2D eigenvalue weighted by Crippen LogP contribution is 2.74. The quantitative estimate of drug-likeness (QED) is 0.164. The zero-order valence-electron chi connectivity index (χ0n) is 36.9. The molecule has 5 aliphatic rings. The fraction of sp³-hybridized carbons (Fsp3) is 0.167. The van der Waals surface area contributed by atoms with E-state index in [1.807, 2.05) is 12.1 Å². The van der Waals surface area contributed by atoms with Crippen molar-refractivity contribution >= 4 is 56.3 Å². The molecule has 0 radical (unpaired) electrons. The highest BCUT2D eigenvalue weighted by molar-refractivity contribution is 8.34. The molecule has 2 aliphatic carbocycles. The molecule has 0 aromatic heterocycles. The van der Waals surface area contributed by atoms with Crippen molar-refractivity contribution in [1.82, 2.24) is 0 Å². The SMILES string of the molecule is CC1(C)c2cc(/C=C/c3ccc4c(c3)C(C)(C)c3cc(N5c6ccccc6S6(CCCC6)c6ccccc65)ccc3-4)ccc2-c2ccc(N3c4ccccc4Oc4ccccc43)cc21. The van der Waals surface area contributed by atoms with Crippen LogP contribution in [0, 0.1) is 0 Å². The average Bonchev–Trinajstić information content (AvgIpc) is 3.97. The zero-order valence-corrected chi connectivity index (χ0v) is 37.7. The zero-order chi connectivity index (χ0) is 43.0. The van der Waals surface area contributed by atoms with Crippen molar-refractivity contribution in [2.24, 2.45) is 0 Å². The summed E-state index contributed by atoms with van der Waals surface area (Å²) >= 11 is 0. The van der Waals surface area contributed by atoms with Crippen LogP contribution in [0.5, 0.6) is 11.5 Å². The van der Waals surface area contributed by atoms with Crippen LogP contribution in [0.1, 0.15) is 73.9 Å². The second kappa shape index (κ2) is 13.6. The predicted octanol–water partition coefficient (Wildman–Crippen LogP) is 16.8. The van der Waals surface area contributed by atoms with Crippen LogP contribution >= 0.6 is 10.0 Å². The van der Waals surface area contributed by atoms with Gasteiger partial charge in [0.05, 0.1) is 22.7 Å². The van der Waals surface area contributed by atoms with Crippen molar-refractivity contribution in [3.63, 3.8) is 0 Å². The molecule has 8 aromatic carbocycles. The number of nitrogens with zero attached hydrogens (tertiary/aromatic N) is 2. The number of ether oxygens (including phenoxy) is 1. The van der Waals surface area contributed by atoms with E-state index < -0.39 is 10.0 Å². The molecule has 312 valence electrons. The number of anilines is 6. The van der Waals surface area contributed by atoms with Gasteiger partial charge in [-0.05, 0) is 153 Å². The van der Waals surface area contributed by atoms with Gasteiger partial charge in [0, 0.05) is 32.0 Å². The monoisotopic (exact) mass is 846 g/mol. The Morgan fingerprint density at radius 1 is 0.422 bits per heavy atom. The van der Waals surface area contributed by atoms with Crippen LogP contribution in [0.15, 0.2) is 180 Å². The smallest absolute Gasteiger partial charge is 0.151 e. The topological polar surface area (TPSA) is 15.7 Å². The number of rotatable bonds is 4. The number of hydrogen-bond donors (Lipinski definition) is 0. The summed E-state index contributed by atoms with van der Waals surface area (Å²) in [6.07, 6.45) is 7.25. The summed E-state index contributed by atoms with van der Waals surface area (Å²) in [6, 6.07) is 63.6. The average molecular weight is 847 g/mol. The van der Waals surface area contributed by atoms with E-state index in [2.05, 4.69) is 207 Å². The number of hydrogen-bond acceptors (Lipinski definition) is 3. The van der Waals surface area contributed by atoms with Crippen molar-refractivity contribution in [2.45, 2.75) is 61.2 Å². The molecule has 0 bridgehead atoms. The standard InChI is InChI=1S/C60H50N2OS/c1-59(2)47-35-39(25-29-43(47)45-31-27-41(37-49(45)59)61-51-15-5-9-19-55(51)63-56-20-10-6-16-52(56)61)23-24-40-26-30-44-46-32-28-42(38-50(46)60(3,4)48(44)36-40)62-53-17-7-11-21-57(53)64(33-13-14-34-64)58-22-12-8-18-54(58)62/h5-12,15-32,35-38H,13-14,33-34H2,1-4H3/b24-23+. The molecule has 8 aromatic rings. The summed E-state index contributed by atoms with van der Waals surface area (Å²) < 4.78 is 6.34. The highest BCUT2D eigenvalue weighted by atomic mass is 32.3. The van der Waals surface area contributed by atoms with Crippen molar-refractivity contribution < 1.29 is 4.74 Å². The first-order valence-corrected chi connectivity index (χ1v) is 24.9. The molecule has 13 rings (SSSR count). The van der Waals surface area contributed by atoms with Gasteiger partial charge in [0.1, 0.15) is 0 Å². The Labute approximate surface area is 378 Å². The van der Waals surface area contributed by atoms with Crippen LogP contribution in [0.3, 0.4) is 0 Å². The molecule has 0 N–H and O–H groups in total. The number of para-hydroxylation sites is 6. The maximum Gasteiger partial charge on any atom is 0.151 e. The molecule has 1 fully saturated rings. The maximum atomic E-state index is 6.34. The van der Waals surface area contributed by atoms with Crippen LogP contribution in [-0.2, 0) is 10.8 Å². The Bertz CT molecular complexity index is 3200. The Kier molecular flexibility index (Phi) is 8.04. The second-order valence-corrected chi connectivity index (χ2v) is 22.8. The molecular formula is C60H50N2OS. The molecule has 4 heteroatoms.